The van der Waals surface area contributed by atoms with Crippen LogP contribution in [0.25, 0.3) is 0 Å². The second-order valence-corrected chi connectivity index (χ2v) is 4.55. The Hall–Kier alpha value is -0.160. The highest BCUT2D eigenvalue weighted by atomic mass is 16.7. The van der Waals surface area contributed by atoms with Gasteiger partial charge in [-0.3, -0.25) is 0 Å². The second kappa shape index (κ2) is 4.14. The summed E-state index contributed by atoms with van der Waals surface area (Å²) in [5, 5.41) is 6.82. The van der Waals surface area contributed by atoms with Gasteiger partial charge in [0, 0.05) is 19.1 Å². The van der Waals surface area contributed by atoms with Gasteiger partial charge in [0.15, 0.2) is 5.79 Å². The van der Waals surface area contributed by atoms with Crippen LogP contribution in [0.1, 0.15) is 20.3 Å². The summed E-state index contributed by atoms with van der Waals surface area (Å²) in [5.74, 6) is -0.389. The van der Waals surface area contributed by atoms with Crippen molar-refractivity contribution in [1.29, 1.82) is 0 Å². The number of nitrogens with one attached hydrogen (secondary N) is 2. The zero-order chi connectivity index (χ0) is 10.0. The summed E-state index contributed by atoms with van der Waals surface area (Å²) in [6.45, 7) is 7.74. The molecule has 0 aromatic carbocycles. The van der Waals surface area contributed by atoms with E-state index in [0.717, 1.165) is 19.6 Å². The van der Waals surface area contributed by atoms with Gasteiger partial charge in [0.1, 0.15) is 0 Å². The number of ether oxygens (including phenoxy) is 2. The normalized spacial score (nSPS) is 36.4. The third-order valence-corrected chi connectivity index (χ3v) is 2.76. The quantitative estimate of drug-likeness (QED) is 0.677. The summed E-state index contributed by atoms with van der Waals surface area (Å²) < 4.78 is 11.2. The summed E-state index contributed by atoms with van der Waals surface area (Å²) in [4.78, 5) is 0. The molecule has 82 valence electrons. The summed E-state index contributed by atoms with van der Waals surface area (Å²) in [6.07, 6.45) is 1.43. The van der Waals surface area contributed by atoms with Crippen molar-refractivity contribution in [2.24, 2.45) is 0 Å². The minimum Gasteiger partial charge on any atom is -0.348 e. The van der Waals surface area contributed by atoms with Crippen LogP contribution in [0.3, 0.4) is 0 Å². The van der Waals surface area contributed by atoms with E-state index in [1.165, 1.54) is 6.42 Å². The Morgan fingerprint density at radius 1 is 1.50 bits per heavy atom. The fraction of sp³-hybridized carbons (Fsp3) is 1.00. The molecule has 2 heterocycles. The Balaban J connectivity index is 1.66. The predicted molar refractivity (Wildman–Crippen MR) is 54.2 cm³/mol. The fourth-order valence-electron chi connectivity index (χ4n) is 1.99. The average molecular weight is 200 g/mol. The molecule has 4 heteroatoms. The van der Waals surface area contributed by atoms with Gasteiger partial charge in [0.05, 0.1) is 12.7 Å². The molecule has 0 aliphatic carbocycles. The highest BCUT2D eigenvalue weighted by Gasteiger charge is 2.32. The van der Waals surface area contributed by atoms with Gasteiger partial charge in [-0.1, -0.05) is 0 Å². The summed E-state index contributed by atoms with van der Waals surface area (Å²) in [7, 11) is 0. The van der Waals surface area contributed by atoms with Crippen molar-refractivity contribution in [2.75, 3.05) is 26.2 Å². The number of hydrogen-bond donors (Lipinski definition) is 2. The first-order valence-electron chi connectivity index (χ1n) is 5.41. The van der Waals surface area contributed by atoms with E-state index in [2.05, 4.69) is 10.6 Å². The van der Waals surface area contributed by atoms with Gasteiger partial charge in [0.2, 0.25) is 0 Å². The largest absolute Gasteiger partial charge is 0.348 e. The minimum atomic E-state index is -0.389. The van der Waals surface area contributed by atoms with E-state index < -0.39 is 0 Å². The maximum atomic E-state index is 5.70. The lowest BCUT2D eigenvalue weighted by Gasteiger charge is -2.18. The van der Waals surface area contributed by atoms with Crippen LogP contribution >= 0.6 is 0 Å². The molecule has 2 aliphatic rings. The van der Waals surface area contributed by atoms with Crippen LogP contribution in [0.2, 0.25) is 0 Å². The summed E-state index contributed by atoms with van der Waals surface area (Å²) in [6, 6.07) is 0.613. The van der Waals surface area contributed by atoms with E-state index in [1.807, 2.05) is 13.8 Å². The predicted octanol–water partition coefficient (Wildman–Crippen LogP) is 0.0894. The lowest BCUT2D eigenvalue weighted by atomic mass is 10.2. The first kappa shape index (κ1) is 10.4. The number of rotatable bonds is 3. The molecule has 0 aromatic heterocycles. The maximum absolute atomic E-state index is 5.70. The van der Waals surface area contributed by atoms with Crippen LogP contribution in [-0.4, -0.2) is 44.2 Å². The van der Waals surface area contributed by atoms with Crippen LogP contribution in [-0.2, 0) is 9.47 Å². The maximum Gasteiger partial charge on any atom is 0.163 e. The molecule has 0 spiro atoms. The van der Waals surface area contributed by atoms with Gasteiger partial charge < -0.3 is 20.1 Å². The topological polar surface area (TPSA) is 42.5 Å². The summed E-state index contributed by atoms with van der Waals surface area (Å²) in [5.41, 5.74) is 0. The van der Waals surface area contributed by atoms with E-state index >= 15 is 0 Å². The van der Waals surface area contributed by atoms with Crippen LogP contribution in [0.15, 0.2) is 0 Å². The van der Waals surface area contributed by atoms with E-state index in [4.69, 9.17) is 9.47 Å². The van der Waals surface area contributed by atoms with E-state index in [-0.39, 0.29) is 11.9 Å². The molecule has 2 unspecified atom stereocenters. The molecule has 0 aromatic rings. The molecule has 2 rings (SSSR count). The molecule has 0 amide bonds. The molecule has 0 bridgehead atoms. The zero-order valence-corrected chi connectivity index (χ0v) is 9.01. The SMILES string of the molecule is CC1(C)OCC(CNC2CCNC2)O1. The molecule has 2 fully saturated rings. The van der Waals surface area contributed by atoms with Gasteiger partial charge in [-0.15, -0.1) is 0 Å². The van der Waals surface area contributed by atoms with Crippen LogP contribution < -0.4 is 10.6 Å². The van der Waals surface area contributed by atoms with Crippen molar-refractivity contribution >= 4 is 0 Å². The summed E-state index contributed by atoms with van der Waals surface area (Å²) >= 11 is 0. The molecule has 2 saturated heterocycles. The molecule has 4 nitrogen and oxygen atoms in total. The van der Waals surface area contributed by atoms with Crippen molar-refractivity contribution in [3.05, 3.63) is 0 Å². The molecule has 0 saturated carbocycles. The second-order valence-electron chi connectivity index (χ2n) is 4.55. The van der Waals surface area contributed by atoms with Crippen molar-refractivity contribution < 1.29 is 9.47 Å². The van der Waals surface area contributed by atoms with Crippen molar-refractivity contribution in [3.63, 3.8) is 0 Å². The van der Waals surface area contributed by atoms with Gasteiger partial charge in [0.25, 0.3) is 0 Å². The highest BCUT2D eigenvalue weighted by molar-refractivity contribution is 4.80. The standard InChI is InChI=1S/C10H20N2O2/c1-10(2)13-7-9(14-10)6-12-8-3-4-11-5-8/h8-9,11-12H,3-7H2,1-2H3. The van der Waals surface area contributed by atoms with Gasteiger partial charge in [-0.2, -0.15) is 0 Å². The van der Waals surface area contributed by atoms with Gasteiger partial charge in [-0.25, -0.2) is 0 Å². The van der Waals surface area contributed by atoms with Crippen LogP contribution in [0, 0.1) is 0 Å². The van der Waals surface area contributed by atoms with Crippen molar-refractivity contribution in [1.82, 2.24) is 10.6 Å². The van der Waals surface area contributed by atoms with Gasteiger partial charge >= 0.3 is 0 Å². The Morgan fingerprint density at radius 3 is 2.93 bits per heavy atom. The number of hydrogen-bond acceptors (Lipinski definition) is 4. The van der Waals surface area contributed by atoms with E-state index in [0.29, 0.717) is 12.6 Å². The molecule has 2 N–H and O–H groups in total. The average Bonchev–Trinajstić information content (AvgIpc) is 2.70. The Bertz CT molecular complexity index is 191. The Kier molecular flexibility index (Phi) is 3.07. The highest BCUT2D eigenvalue weighted by Crippen LogP contribution is 2.21. The lowest BCUT2D eigenvalue weighted by molar-refractivity contribution is -0.137. The molecular weight excluding hydrogens is 180 g/mol. The molecular formula is C10H20N2O2. The minimum absolute atomic E-state index is 0.214. The Morgan fingerprint density at radius 2 is 2.36 bits per heavy atom. The van der Waals surface area contributed by atoms with E-state index in [9.17, 15) is 0 Å². The Labute approximate surface area is 85.3 Å². The monoisotopic (exact) mass is 200 g/mol. The molecule has 14 heavy (non-hydrogen) atoms. The molecule has 2 atom stereocenters. The van der Waals surface area contributed by atoms with E-state index in [1.54, 1.807) is 0 Å². The van der Waals surface area contributed by atoms with Crippen molar-refractivity contribution in [3.8, 4) is 0 Å². The molecule has 0 radical (unpaired) electrons. The van der Waals surface area contributed by atoms with Gasteiger partial charge in [-0.05, 0) is 26.8 Å². The fourth-order valence-corrected chi connectivity index (χ4v) is 1.99. The third kappa shape index (κ3) is 2.67. The van der Waals surface area contributed by atoms with Crippen molar-refractivity contribution in [2.45, 2.75) is 38.2 Å². The molecule has 2 aliphatic heterocycles. The first-order valence-corrected chi connectivity index (χ1v) is 5.41. The third-order valence-electron chi connectivity index (χ3n) is 2.76. The zero-order valence-electron chi connectivity index (χ0n) is 9.01. The van der Waals surface area contributed by atoms with Crippen LogP contribution in [0.5, 0.6) is 0 Å². The smallest absolute Gasteiger partial charge is 0.163 e. The first-order chi connectivity index (χ1) is 6.66. The lowest BCUT2D eigenvalue weighted by Crippen LogP contribution is -2.38. The van der Waals surface area contributed by atoms with Crippen LogP contribution in [0.4, 0.5) is 0 Å².